The number of ether oxygens (including phenoxy) is 4. The maximum absolute atomic E-state index is 13.1. The zero-order valence-electron chi connectivity index (χ0n) is 18.4. The third kappa shape index (κ3) is 4.82. The smallest absolute Gasteiger partial charge is 0.312 e. The third-order valence-corrected chi connectivity index (χ3v) is 6.10. The van der Waals surface area contributed by atoms with Gasteiger partial charge in [-0.25, -0.2) is 0 Å². The number of fused-ring (bicyclic) bond motifs is 1. The van der Waals surface area contributed by atoms with E-state index in [2.05, 4.69) is 0 Å². The molecule has 2 aromatic rings. The summed E-state index contributed by atoms with van der Waals surface area (Å²) in [6, 6.07) is 14.8. The lowest BCUT2D eigenvalue weighted by Gasteiger charge is -2.40. The van der Waals surface area contributed by atoms with Crippen molar-refractivity contribution in [2.24, 2.45) is 5.41 Å². The molecule has 1 fully saturated rings. The Labute approximate surface area is 188 Å². The van der Waals surface area contributed by atoms with Gasteiger partial charge in [-0.05, 0) is 56.5 Å². The van der Waals surface area contributed by atoms with Crippen LogP contribution in [0.25, 0.3) is 0 Å². The normalized spacial score (nSPS) is 16.8. The van der Waals surface area contributed by atoms with E-state index < -0.39 is 5.41 Å². The topological polar surface area (TPSA) is 74.3 Å². The predicted molar refractivity (Wildman–Crippen MR) is 118 cm³/mol. The number of carbonyl (C=O) groups is 2. The predicted octanol–water partition coefficient (Wildman–Crippen LogP) is 3.71. The maximum Gasteiger partial charge on any atom is 0.312 e. The van der Waals surface area contributed by atoms with E-state index in [-0.39, 0.29) is 11.9 Å². The van der Waals surface area contributed by atoms with Gasteiger partial charge in [0.2, 0.25) is 0 Å². The standard InChI is InChI=1S/C25H29NO6/c1-2-29-24(28)25(12-15-30-20-6-4-3-5-7-20)10-13-26(14-11-25)23(27)19-8-9-21-22(18-19)32-17-16-31-21/h3-9,18H,2,10-17H2,1H3. The SMILES string of the molecule is CCOC(=O)C1(CCOc2ccccc2)CCN(C(=O)c2ccc3c(c2)OCCO3)CC1. The minimum atomic E-state index is -0.644. The van der Waals surface area contributed by atoms with Crippen molar-refractivity contribution in [2.75, 3.05) is 39.5 Å². The Morgan fingerprint density at radius 3 is 2.44 bits per heavy atom. The molecule has 0 aliphatic carbocycles. The van der Waals surface area contributed by atoms with Crippen molar-refractivity contribution in [1.29, 1.82) is 0 Å². The monoisotopic (exact) mass is 439 g/mol. The number of rotatable bonds is 7. The van der Waals surface area contributed by atoms with E-state index in [1.54, 1.807) is 23.1 Å². The quantitative estimate of drug-likeness (QED) is 0.613. The van der Waals surface area contributed by atoms with Gasteiger partial charge in [-0.2, -0.15) is 0 Å². The number of benzene rings is 2. The second kappa shape index (κ2) is 9.94. The molecule has 4 rings (SSSR count). The van der Waals surface area contributed by atoms with Gasteiger partial charge in [-0.15, -0.1) is 0 Å². The van der Waals surface area contributed by atoms with E-state index in [1.165, 1.54) is 0 Å². The maximum atomic E-state index is 13.1. The van der Waals surface area contributed by atoms with Crippen LogP contribution in [0.3, 0.4) is 0 Å². The summed E-state index contributed by atoms with van der Waals surface area (Å²) in [5.41, 5.74) is -0.0840. The van der Waals surface area contributed by atoms with Crippen LogP contribution in [-0.4, -0.2) is 56.3 Å². The van der Waals surface area contributed by atoms with Gasteiger partial charge in [0.25, 0.3) is 5.91 Å². The molecule has 0 spiro atoms. The number of carbonyl (C=O) groups excluding carboxylic acids is 2. The highest BCUT2D eigenvalue weighted by molar-refractivity contribution is 5.95. The van der Waals surface area contributed by atoms with Crippen molar-refractivity contribution < 1.29 is 28.5 Å². The summed E-state index contributed by atoms with van der Waals surface area (Å²) >= 11 is 0. The van der Waals surface area contributed by atoms with Crippen LogP contribution in [0.1, 0.15) is 36.5 Å². The molecular weight excluding hydrogens is 410 g/mol. The summed E-state index contributed by atoms with van der Waals surface area (Å²) < 4.78 is 22.4. The minimum Gasteiger partial charge on any atom is -0.494 e. The molecule has 7 nitrogen and oxygen atoms in total. The molecule has 1 amide bonds. The van der Waals surface area contributed by atoms with E-state index in [1.807, 2.05) is 37.3 Å². The number of piperidine rings is 1. The first-order valence-electron chi connectivity index (χ1n) is 11.2. The summed E-state index contributed by atoms with van der Waals surface area (Å²) in [5.74, 6) is 1.75. The summed E-state index contributed by atoms with van der Waals surface area (Å²) in [6.07, 6.45) is 1.63. The van der Waals surface area contributed by atoms with Crippen LogP contribution in [-0.2, 0) is 9.53 Å². The highest BCUT2D eigenvalue weighted by Gasteiger charge is 2.43. The molecular formula is C25H29NO6. The number of para-hydroxylation sites is 1. The second-order valence-electron chi connectivity index (χ2n) is 8.06. The Kier molecular flexibility index (Phi) is 6.83. The number of hydrogen-bond acceptors (Lipinski definition) is 6. The fourth-order valence-corrected chi connectivity index (χ4v) is 4.22. The lowest BCUT2D eigenvalue weighted by atomic mass is 9.75. The molecule has 2 aliphatic rings. The molecule has 7 heteroatoms. The largest absolute Gasteiger partial charge is 0.494 e. The molecule has 170 valence electrons. The number of hydrogen-bond donors (Lipinski definition) is 0. The van der Waals surface area contributed by atoms with Gasteiger partial charge in [0.1, 0.15) is 19.0 Å². The molecule has 1 saturated heterocycles. The average Bonchev–Trinajstić information content (AvgIpc) is 2.84. The summed E-state index contributed by atoms with van der Waals surface area (Å²) in [4.78, 5) is 27.7. The van der Waals surface area contributed by atoms with E-state index in [0.717, 1.165) is 5.75 Å². The van der Waals surface area contributed by atoms with Crippen molar-refractivity contribution >= 4 is 11.9 Å². The first kappa shape index (κ1) is 22.0. The molecule has 0 saturated carbocycles. The number of likely N-dealkylation sites (tertiary alicyclic amines) is 1. The molecule has 0 unspecified atom stereocenters. The van der Waals surface area contributed by atoms with Crippen LogP contribution < -0.4 is 14.2 Å². The Hall–Kier alpha value is -3.22. The Balaban J connectivity index is 1.40. The second-order valence-corrected chi connectivity index (χ2v) is 8.06. The summed E-state index contributed by atoms with van der Waals surface area (Å²) in [6.45, 7) is 4.51. The van der Waals surface area contributed by atoms with Crippen LogP contribution in [0, 0.1) is 5.41 Å². The van der Waals surface area contributed by atoms with Crippen molar-refractivity contribution in [3.63, 3.8) is 0 Å². The molecule has 32 heavy (non-hydrogen) atoms. The highest BCUT2D eigenvalue weighted by Crippen LogP contribution is 2.38. The Morgan fingerprint density at radius 2 is 1.72 bits per heavy atom. The zero-order chi connectivity index (χ0) is 22.4. The number of nitrogens with zero attached hydrogens (tertiary/aromatic N) is 1. The fraction of sp³-hybridized carbons (Fsp3) is 0.440. The first-order chi connectivity index (χ1) is 15.6. The third-order valence-electron chi connectivity index (χ3n) is 6.10. The molecule has 2 heterocycles. The summed E-state index contributed by atoms with van der Waals surface area (Å²) in [5, 5.41) is 0. The van der Waals surface area contributed by atoms with E-state index in [9.17, 15) is 9.59 Å². The van der Waals surface area contributed by atoms with Gasteiger partial charge in [-0.1, -0.05) is 18.2 Å². The number of esters is 1. The summed E-state index contributed by atoms with van der Waals surface area (Å²) in [7, 11) is 0. The van der Waals surface area contributed by atoms with Crippen LogP contribution >= 0.6 is 0 Å². The van der Waals surface area contributed by atoms with Crippen molar-refractivity contribution in [3.05, 3.63) is 54.1 Å². The molecule has 0 bridgehead atoms. The van der Waals surface area contributed by atoms with Gasteiger partial charge in [0, 0.05) is 18.7 Å². The van der Waals surface area contributed by atoms with E-state index in [0.29, 0.717) is 75.8 Å². The Morgan fingerprint density at radius 1 is 1.00 bits per heavy atom. The van der Waals surface area contributed by atoms with Gasteiger partial charge in [-0.3, -0.25) is 9.59 Å². The highest BCUT2D eigenvalue weighted by atomic mass is 16.6. The lowest BCUT2D eigenvalue weighted by molar-refractivity contribution is -0.159. The van der Waals surface area contributed by atoms with Crippen molar-refractivity contribution in [1.82, 2.24) is 4.90 Å². The van der Waals surface area contributed by atoms with Crippen molar-refractivity contribution in [3.8, 4) is 17.2 Å². The van der Waals surface area contributed by atoms with Gasteiger partial charge >= 0.3 is 5.97 Å². The van der Waals surface area contributed by atoms with Crippen LogP contribution in [0.15, 0.2) is 48.5 Å². The van der Waals surface area contributed by atoms with Gasteiger partial charge in [0.15, 0.2) is 11.5 Å². The molecule has 0 aromatic heterocycles. The van der Waals surface area contributed by atoms with E-state index >= 15 is 0 Å². The first-order valence-corrected chi connectivity index (χ1v) is 11.2. The number of amides is 1. The Bertz CT molecular complexity index is 937. The van der Waals surface area contributed by atoms with Crippen molar-refractivity contribution in [2.45, 2.75) is 26.2 Å². The molecule has 0 radical (unpaired) electrons. The molecule has 0 atom stereocenters. The lowest BCUT2D eigenvalue weighted by Crippen LogP contribution is -2.47. The molecule has 2 aliphatic heterocycles. The van der Waals surface area contributed by atoms with Crippen LogP contribution in [0.4, 0.5) is 0 Å². The van der Waals surface area contributed by atoms with Gasteiger partial charge in [0.05, 0.1) is 18.6 Å². The van der Waals surface area contributed by atoms with Gasteiger partial charge < -0.3 is 23.8 Å². The average molecular weight is 440 g/mol. The minimum absolute atomic E-state index is 0.0695. The van der Waals surface area contributed by atoms with E-state index in [4.69, 9.17) is 18.9 Å². The fourth-order valence-electron chi connectivity index (χ4n) is 4.22. The molecule has 2 aromatic carbocycles. The molecule has 0 N–H and O–H groups in total. The van der Waals surface area contributed by atoms with Crippen LogP contribution in [0.5, 0.6) is 17.2 Å². The zero-order valence-corrected chi connectivity index (χ0v) is 18.4. The van der Waals surface area contributed by atoms with Crippen LogP contribution in [0.2, 0.25) is 0 Å².